The minimum Gasteiger partial charge on any atom is -0.447 e. The molecule has 0 aromatic heterocycles. The molecule has 0 saturated heterocycles. The summed E-state index contributed by atoms with van der Waals surface area (Å²) in [5, 5.41) is 7.99. The summed E-state index contributed by atoms with van der Waals surface area (Å²) in [6.07, 6.45) is 1.21. The van der Waals surface area contributed by atoms with Gasteiger partial charge in [-0.25, -0.2) is 4.79 Å². The molecule has 3 N–H and O–H groups in total. The Hall–Kier alpha value is -3.68. The highest BCUT2D eigenvalue weighted by atomic mass is 16.6. The molecule has 0 bridgehead atoms. The van der Waals surface area contributed by atoms with E-state index in [1.165, 1.54) is 0 Å². The van der Waals surface area contributed by atoms with Gasteiger partial charge < -0.3 is 39.7 Å². The van der Waals surface area contributed by atoms with Crippen molar-refractivity contribution in [3.63, 3.8) is 0 Å². The Balaban J connectivity index is -0.00000264. The van der Waals surface area contributed by atoms with E-state index < -0.39 is 24.0 Å². The molecular weight excluding hydrogens is 646 g/mol. The van der Waals surface area contributed by atoms with E-state index in [0.29, 0.717) is 39.2 Å². The van der Waals surface area contributed by atoms with Gasteiger partial charge in [-0.2, -0.15) is 0 Å². The van der Waals surface area contributed by atoms with E-state index in [4.69, 9.17) is 18.9 Å². The largest absolute Gasteiger partial charge is 0.447 e. The molecule has 3 amide bonds. The molecule has 1 aromatic rings. The topological polar surface area (TPSA) is 175 Å². The lowest BCUT2D eigenvalue weighted by Gasteiger charge is -2.23. The minimum atomic E-state index is -0.815. The zero-order valence-corrected chi connectivity index (χ0v) is 27.4. The third-order valence-corrected chi connectivity index (χ3v) is 6.67. The van der Waals surface area contributed by atoms with Gasteiger partial charge in [0.25, 0.3) is 0 Å². The Labute approximate surface area is 301 Å². The number of Topliss-reactive ketones (excluding diaryl/α,β-unsaturated/α-hetero) is 2. The molecule has 290 valence electrons. The Morgan fingerprint density at radius 3 is 2.12 bits per heavy atom. The fourth-order valence-corrected chi connectivity index (χ4v) is 4.33. The van der Waals surface area contributed by atoms with Crippen LogP contribution >= 0.6 is 0 Å². The van der Waals surface area contributed by atoms with E-state index in [1.54, 1.807) is 7.11 Å². The SMILES string of the molecule is C.C.C.C.COCCOCCCNC(=O)CCC(=O)C(CC(C)C)NC(=O)C(CC(=O)CNC(=O)OCCOCCC=O)Cc1ccccc1. The highest BCUT2D eigenvalue weighted by Gasteiger charge is 2.28. The normalized spacial score (nSPS) is 11.2. The number of ketones is 2. The van der Waals surface area contributed by atoms with Gasteiger partial charge in [0.05, 0.1) is 39.0 Å². The number of alkyl carbamates (subject to hydrolysis) is 1. The molecule has 1 aromatic carbocycles. The fraction of sp³-hybridized carbons (Fsp3) is 0.676. The lowest BCUT2D eigenvalue weighted by atomic mass is 9.91. The number of benzene rings is 1. The number of hydrogen-bond acceptors (Lipinski definition) is 10. The first-order chi connectivity index (χ1) is 22.2. The molecule has 13 heteroatoms. The molecule has 0 radical (unpaired) electrons. The fourth-order valence-electron chi connectivity index (χ4n) is 4.33. The number of aldehydes is 1. The van der Waals surface area contributed by atoms with Crippen molar-refractivity contribution in [3.8, 4) is 0 Å². The van der Waals surface area contributed by atoms with E-state index >= 15 is 0 Å². The van der Waals surface area contributed by atoms with Crippen LogP contribution in [0.5, 0.6) is 0 Å². The highest BCUT2D eigenvalue weighted by molar-refractivity contribution is 5.94. The van der Waals surface area contributed by atoms with Crippen LogP contribution in [0.25, 0.3) is 0 Å². The van der Waals surface area contributed by atoms with Crippen LogP contribution in [0.1, 0.15) is 87.6 Å². The second-order valence-corrected chi connectivity index (χ2v) is 11.2. The maximum absolute atomic E-state index is 13.5. The van der Waals surface area contributed by atoms with Gasteiger partial charge in [0.15, 0.2) is 11.6 Å². The van der Waals surface area contributed by atoms with Crippen LogP contribution in [0.3, 0.4) is 0 Å². The number of amides is 3. The van der Waals surface area contributed by atoms with Crippen molar-refractivity contribution in [2.75, 3.05) is 59.8 Å². The summed E-state index contributed by atoms with van der Waals surface area (Å²) < 4.78 is 20.3. The van der Waals surface area contributed by atoms with Crippen LogP contribution in [-0.2, 0) is 49.3 Å². The van der Waals surface area contributed by atoms with Gasteiger partial charge in [0.1, 0.15) is 12.9 Å². The average Bonchev–Trinajstić information content (AvgIpc) is 3.03. The molecular formula is C37H67N3O10. The van der Waals surface area contributed by atoms with Gasteiger partial charge >= 0.3 is 6.09 Å². The Morgan fingerprint density at radius 1 is 0.820 bits per heavy atom. The smallest absolute Gasteiger partial charge is 0.407 e. The summed E-state index contributed by atoms with van der Waals surface area (Å²) in [7, 11) is 1.59. The number of rotatable bonds is 27. The van der Waals surface area contributed by atoms with Crippen LogP contribution in [0.15, 0.2) is 30.3 Å². The molecule has 0 spiro atoms. The first-order valence-corrected chi connectivity index (χ1v) is 15.8. The first-order valence-electron chi connectivity index (χ1n) is 15.8. The second kappa shape index (κ2) is 33.8. The van der Waals surface area contributed by atoms with Gasteiger partial charge in [-0.1, -0.05) is 73.9 Å². The predicted molar refractivity (Wildman–Crippen MR) is 197 cm³/mol. The quantitative estimate of drug-likeness (QED) is 0.0854. The summed E-state index contributed by atoms with van der Waals surface area (Å²) in [5.74, 6) is -2.07. The molecule has 2 unspecified atom stereocenters. The average molecular weight is 714 g/mol. The molecule has 50 heavy (non-hydrogen) atoms. The summed E-state index contributed by atoms with van der Waals surface area (Å²) in [6.45, 7) is 5.70. The molecule has 0 fully saturated rings. The third-order valence-electron chi connectivity index (χ3n) is 6.67. The summed E-state index contributed by atoms with van der Waals surface area (Å²) >= 11 is 0. The lowest BCUT2D eigenvalue weighted by molar-refractivity contribution is -0.133. The van der Waals surface area contributed by atoms with Crippen molar-refractivity contribution in [1.29, 1.82) is 0 Å². The summed E-state index contributed by atoms with van der Waals surface area (Å²) in [6, 6.07) is 8.38. The zero-order valence-electron chi connectivity index (χ0n) is 27.4. The monoisotopic (exact) mass is 713 g/mol. The van der Waals surface area contributed by atoms with Crippen LogP contribution in [-0.4, -0.2) is 102 Å². The van der Waals surface area contributed by atoms with Crippen molar-refractivity contribution in [3.05, 3.63) is 35.9 Å². The number of carbonyl (C=O) groups excluding carboxylic acids is 6. The number of nitrogens with one attached hydrogen (secondary N) is 3. The van der Waals surface area contributed by atoms with Crippen LogP contribution in [0, 0.1) is 11.8 Å². The van der Waals surface area contributed by atoms with Crippen molar-refractivity contribution < 1.29 is 47.7 Å². The number of ether oxygens (including phenoxy) is 4. The van der Waals surface area contributed by atoms with E-state index in [-0.39, 0.29) is 112 Å². The van der Waals surface area contributed by atoms with Crippen molar-refractivity contribution in [2.24, 2.45) is 11.8 Å². The van der Waals surface area contributed by atoms with Crippen LogP contribution in [0.2, 0.25) is 0 Å². The van der Waals surface area contributed by atoms with Crippen molar-refractivity contribution in [1.82, 2.24) is 16.0 Å². The standard InChI is InChI=1S/C33H51N3O10.4CH4/c1-25(2)21-29(30(39)11-12-31(40)34-13-7-15-44-18-17-43-3)36-32(41)27(22-26-9-5-4-6-10-26)23-28(38)24-35-33(42)46-20-19-45-16-8-14-37;;;;/h4-6,9-10,14,25,27,29H,7-8,11-13,15-24H2,1-3H3,(H,34,40)(H,35,42)(H,36,41);4*1H4. The van der Waals surface area contributed by atoms with Gasteiger partial charge in [-0.15, -0.1) is 0 Å². The highest BCUT2D eigenvalue weighted by Crippen LogP contribution is 2.16. The van der Waals surface area contributed by atoms with Crippen molar-refractivity contribution in [2.45, 2.75) is 94.5 Å². The summed E-state index contributed by atoms with van der Waals surface area (Å²) in [4.78, 5) is 74.0. The molecule has 1 rings (SSSR count). The van der Waals surface area contributed by atoms with Crippen LogP contribution < -0.4 is 16.0 Å². The van der Waals surface area contributed by atoms with Gasteiger partial charge in [-0.05, 0) is 30.7 Å². The maximum atomic E-state index is 13.5. The van der Waals surface area contributed by atoms with E-state index in [2.05, 4.69) is 16.0 Å². The second-order valence-electron chi connectivity index (χ2n) is 11.2. The van der Waals surface area contributed by atoms with E-state index in [9.17, 15) is 28.8 Å². The number of methoxy groups -OCH3 is 1. The van der Waals surface area contributed by atoms with E-state index in [0.717, 1.165) is 11.8 Å². The zero-order chi connectivity index (χ0) is 34.0. The summed E-state index contributed by atoms with van der Waals surface area (Å²) in [5.41, 5.74) is 0.838. The van der Waals surface area contributed by atoms with Gasteiger partial charge in [0.2, 0.25) is 11.8 Å². The molecule has 0 heterocycles. The molecule has 0 aliphatic heterocycles. The molecule has 2 atom stereocenters. The van der Waals surface area contributed by atoms with Crippen LogP contribution in [0.4, 0.5) is 4.79 Å². The molecule has 0 saturated carbocycles. The molecule has 0 aliphatic carbocycles. The first kappa shape index (κ1) is 53.1. The Morgan fingerprint density at radius 2 is 1.48 bits per heavy atom. The molecule has 13 nitrogen and oxygen atoms in total. The van der Waals surface area contributed by atoms with Crippen molar-refractivity contribution >= 4 is 35.8 Å². The Kier molecular flexibility index (Phi) is 35.9. The minimum absolute atomic E-state index is 0. The Bertz CT molecular complexity index is 1050. The number of hydrogen-bond donors (Lipinski definition) is 3. The third kappa shape index (κ3) is 27.2. The predicted octanol–water partition coefficient (Wildman–Crippen LogP) is 4.73. The molecule has 0 aliphatic rings. The number of carbonyl (C=O) groups is 6. The maximum Gasteiger partial charge on any atom is 0.407 e. The lowest BCUT2D eigenvalue weighted by Crippen LogP contribution is -2.46. The van der Waals surface area contributed by atoms with E-state index in [1.807, 2.05) is 44.2 Å². The van der Waals surface area contributed by atoms with Gasteiger partial charge in [0, 0.05) is 51.9 Å². The van der Waals surface area contributed by atoms with Gasteiger partial charge in [-0.3, -0.25) is 19.2 Å².